The molecule has 19 heavy (non-hydrogen) atoms. The SMILES string of the molecule is c1cc2c(cc1CCC1COCCN1)OCCCO2. The van der Waals surface area contributed by atoms with Crippen LogP contribution in [0.1, 0.15) is 18.4 Å². The molecule has 0 amide bonds. The highest BCUT2D eigenvalue weighted by atomic mass is 16.5. The van der Waals surface area contributed by atoms with Crippen LogP contribution in [0.15, 0.2) is 18.2 Å². The van der Waals surface area contributed by atoms with Gasteiger partial charge in [0.05, 0.1) is 26.4 Å². The Kier molecular flexibility index (Phi) is 4.20. The minimum Gasteiger partial charge on any atom is -0.490 e. The third-order valence-electron chi connectivity index (χ3n) is 3.59. The van der Waals surface area contributed by atoms with Crippen molar-refractivity contribution in [2.45, 2.75) is 25.3 Å². The van der Waals surface area contributed by atoms with Gasteiger partial charge in [0, 0.05) is 19.0 Å². The van der Waals surface area contributed by atoms with E-state index in [2.05, 4.69) is 17.4 Å². The van der Waals surface area contributed by atoms with Crippen LogP contribution in [0.25, 0.3) is 0 Å². The molecule has 1 fully saturated rings. The third-order valence-corrected chi connectivity index (χ3v) is 3.59. The number of benzene rings is 1. The molecule has 0 radical (unpaired) electrons. The Bertz CT molecular complexity index is 416. The summed E-state index contributed by atoms with van der Waals surface area (Å²) in [6.07, 6.45) is 3.09. The van der Waals surface area contributed by atoms with Gasteiger partial charge >= 0.3 is 0 Å². The molecule has 4 heteroatoms. The lowest BCUT2D eigenvalue weighted by atomic mass is 10.0. The molecule has 1 aromatic carbocycles. The molecule has 2 heterocycles. The van der Waals surface area contributed by atoms with Crippen LogP contribution in [-0.4, -0.2) is 39.0 Å². The van der Waals surface area contributed by atoms with Crippen molar-refractivity contribution in [2.24, 2.45) is 0 Å². The average molecular weight is 263 g/mol. The van der Waals surface area contributed by atoms with E-state index in [9.17, 15) is 0 Å². The van der Waals surface area contributed by atoms with Crippen LogP contribution in [0, 0.1) is 0 Å². The van der Waals surface area contributed by atoms with E-state index in [1.54, 1.807) is 0 Å². The minimum absolute atomic E-state index is 0.477. The predicted octanol–water partition coefficient (Wildman–Crippen LogP) is 1.77. The van der Waals surface area contributed by atoms with E-state index in [1.807, 2.05) is 6.07 Å². The average Bonchev–Trinajstić information content (AvgIpc) is 2.71. The number of rotatable bonds is 3. The van der Waals surface area contributed by atoms with Gasteiger partial charge in [0.2, 0.25) is 0 Å². The van der Waals surface area contributed by atoms with Crippen molar-refractivity contribution in [2.75, 3.05) is 33.0 Å². The number of fused-ring (bicyclic) bond motifs is 1. The molecule has 0 bridgehead atoms. The van der Waals surface area contributed by atoms with E-state index < -0.39 is 0 Å². The first-order chi connectivity index (χ1) is 9.42. The van der Waals surface area contributed by atoms with Crippen molar-refractivity contribution in [3.8, 4) is 11.5 Å². The zero-order chi connectivity index (χ0) is 12.9. The number of nitrogens with one attached hydrogen (secondary N) is 1. The van der Waals surface area contributed by atoms with Crippen LogP contribution in [0.4, 0.5) is 0 Å². The Morgan fingerprint density at radius 2 is 2.00 bits per heavy atom. The molecule has 0 aliphatic carbocycles. The third kappa shape index (κ3) is 3.39. The largest absolute Gasteiger partial charge is 0.490 e. The maximum atomic E-state index is 5.72. The topological polar surface area (TPSA) is 39.7 Å². The van der Waals surface area contributed by atoms with E-state index in [0.29, 0.717) is 6.04 Å². The van der Waals surface area contributed by atoms with Crippen LogP contribution < -0.4 is 14.8 Å². The second-order valence-electron chi connectivity index (χ2n) is 5.10. The van der Waals surface area contributed by atoms with Crippen LogP contribution >= 0.6 is 0 Å². The van der Waals surface area contributed by atoms with E-state index in [4.69, 9.17) is 14.2 Å². The quantitative estimate of drug-likeness (QED) is 0.902. The highest BCUT2D eigenvalue weighted by Gasteiger charge is 2.14. The van der Waals surface area contributed by atoms with Crippen LogP contribution in [0.2, 0.25) is 0 Å². The Hall–Kier alpha value is -1.26. The molecular weight excluding hydrogens is 242 g/mol. The molecule has 1 N–H and O–H groups in total. The van der Waals surface area contributed by atoms with Gasteiger partial charge in [-0.3, -0.25) is 0 Å². The van der Waals surface area contributed by atoms with Crippen LogP contribution in [0.5, 0.6) is 11.5 Å². The number of ether oxygens (including phenoxy) is 3. The highest BCUT2D eigenvalue weighted by molar-refractivity contribution is 5.43. The van der Waals surface area contributed by atoms with Gasteiger partial charge in [-0.2, -0.15) is 0 Å². The van der Waals surface area contributed by atoms with Crippen molar-refractivity contribution in [3.63, 3.8) is 0 Å². The van der Waals surface area contributed by atoms with E-state index in [-0.39, 0.29) is 0 Å². The Morgan fingerprint density at radius 3 is 2.84 bits per heavy atom. The highest BCUT2D eigenvalue weighted by Crippen LogP contribution is 2.30. The molecule has 0 aromatic heterocycles. The zero-order valence-electron chi connectivity index (χ0n) is 11.2. The van der Waals surface area contributed by atoms with Gasteiger partial charge in [0.1, 0.15) is 0 Å². The fourth-order valence-corrected chi connectivity index (χ4v) is 2.51. The van der Waals surface area contributed by atoms with Crippen molar-refractivity contribution in [1.82, 2.24) is 5.32 Å². The first-order valence-corrected chi connectivity index (χ1v) is 7.11. The van der Waals surface area contributed by atoms with Crippen LogP contribution in [-0.2, 0) is 11.2 Å². The zero-order valence-corrected chi connectivity index (χ0v) is 11.2. The minimum atomic E-state index is 0.477. The number of morpholine rings is 1. The second-order valence-corrected chi connectivity index (χ2v) is 5.10. The summed E-state index contributed by atoms with van der Waals surface area (Å²) < 4.78 is 16.8. The lowest BCUT2D eigenvalue weighted by Gasteiger charge is -2.23. The summed E-state index contributed by atoms with van der Waals surface area (Å²) >= 11 is 0. The summed E-state index contributed by atoms with van der Waals surface area (Å²) in [7, 11) is 0. The molecule has 4 nitrogen and oxygen atoms in total. The molecule has 0 spiro atoms. The maximum Gasteiger partial charge on any atom is 0.161 e. The summed E-state index contributed by atoms with van der Waals surface area (Å²) in [5.41, 5.74) is 1.30. The fraction of sp³-hybridized carbons (Fsp3) is 0.600. The number of aryl methyl sites for hydroxylation is 1. The molecule has 2 aliphatic heterocycles. The van der Waals surface area contributed by atoms with Gasteiger partial charge < -0.3 is 19.5 Å². The molecular formula is C15H21NO3. The monoisotopic (exact) mass is 263 g/mol. The Labute approximate surface area is 114 Å². The summed E-state index contributed by atoms with van der Waals surface area (Å²) in [6, 6.07) is 6.76. The fourth-order valence-electron chi connectivity index (χ4n) is 2.51. The van der Waals surface area contributed by atoms with E-state index >= 15 is 0 Å². The van der Waals surface area contributed by atoms with E-state index in [1.165, 1.54) is 5.56 Å². The second kappa shape index (κ2) is 6.26. The molecule has 0 saturated carbocycles. The van der Waals surface area contributed by atoms with Crippen molar-refractivity contribution in [1.29, 1.82) is 0 Å². The first-order valence-electron chi connectivity index (χ1n) is 7.11. The van der Waals surface area contributed by atoms with Crippen molar-refractivity contribution >= 4 is 0 Å². The van der Waals surface area contributed by atoms with Crippen molar-refractivity contribution < 1.29 is 14.2 Å². The Balaban J connectivity index is 1.60. The molecule has 104 valence electrons. The summed E-state index contributed by atoms with van der Waals surface area (Å²) in [6.45, 7) is 4.11. The summed E-state index contributed by atoms with van der Waals surface area (Å²) in [5.74, 6) is 1.77. The van der Waals surface area contributed by atoms with Gasteiger partial charge in [0.15, 0.2) is 11.5 Å². The van der Waals surface area contributed by atoms with Crippen molar-refractivity contribution in [3.05, 3.63) is 23.8 Å². The first kappa shape index (κ1) is 12.8. The standard InChI is InChI=1S/C15H21NO3/c1-7-18-14-5-3-12(10-15(14)19-8-1)2-4-13-11-17-9-6-16-13/h3,5,10,13,16H,1-2,4,6-9,11H2. The molecule has 3 rings (SSSR count). The lowest BCUT2D eigenvalue weighted by Crippen LogP contribution is -2.41. The smallest absolute Gasteiger partial charge is 0.161 e. The molecule has 1 saturated heterocycles. The number of hydrogen-bond acceptors (Lipinski definition) is 4. The van der Waals surface area contributed by atoms with Gasteiger partial charge in [-0.15, -0.1) is 0 Å². The van der Waals surface area contributed by atoms with Gasteiger partial charge in [-0.25, -0.2) is 0 Å². The molecule has 1 unspecified atom stereocenters. The summed E-state index contributed by atoms with van der Waals surface area (Å²) in [4.78, 5) is 0. The molecule has 1 aromatic rings. The van der Waals surface area contributed by atoms with Crippen LogP contribution in [0.3, 0.4) is 0 Å². The summed E-state index contributed by atoms with van der Waals surface area (Å²) in [5, 5.41) is 3.48. The van der Waals surface area contributed by atoms with E-state index in [0.717, 1.165) is 63.7 Å². The Morgan fingerprint density at radius 1 is 1.11 bits per heavy atom. The van der Waals surface area contributed by atoms with Gasteiger partial charge in [-0.1, -0.05) is 6.07 Å². The normalized spacial score (nSPS) is 22.8. The molecule has 2 aliphatic rings. The van der Waals surface area contributed by atoms with Gasteiger partial charge in [-0.05, 0) is 30.5 Å². The molecule has 1 atom stereocenters. The number of hydrogen-bond donors (Lipinski definition) is 1. The lowest BCUT2D eigenvalue weighted by molar-refractivity contribution is 0.0743. The van der Waals surface area contributed by atoms with Gasteiger partial charge in [0.25, 0.3) is 0 Å². The maximum absolute atomic E-state index is 5.72. The predicted molar refractivity (Wildman–Crippen MR) is 73.0 cm³/mol.